The minimum atomic E-state index is 0.0159. The van der Waals surface area contributed by atoms with Crippen LogP contribution in [-0.4, -0.2) is 11.7 Å². The fraction of sp³-hybridized carbons (Fsp3) is 0.250. The monoisotopic (exact) mass is 289 g/mol. The lowest BCUT2D eigenvalue weighted by atomic mass is 10.1. The number of nitrogens with one attached hydrogen (secondary N) is 1. The Morgan fingerprint density at radius 1 is 1.15 bits per heavy atom. The van der Waals surface area contributed by atoms with Crippen LogP contribution in [0, 0.1) is 0 Å². The molecule has 0 atom stereocenters. The molecule has 0 bridgehead atoms. The number of aliphatic hydroxyl groups excluding tert-OH is 1. The lowest BCUT2D eigenvalue weighted by Gasteiger charge is -2.10. The predicted octanol–water partition coefficient (Wildman–Crippen LogP) is 3.38. The highest BCUT2D eigenvalue weighted by molar-refractivity contribution is 6.33. The van der Waals surface area contributed by atoms with Crippen molar-refractivity contribution in [3.05, 3.63) is 58.1 Å². The first kappa shape index (κ1) is 13.3. The molecule has 0 aliphatic carbocycles. The maximum absolute atomic E-state index is 9.16. The van der Waals surface area contributed by atoms with Gasteiger partial charge in [0, 0.05) is 13.0 Å². The van der Waals surface area contributed by atoms with Crippen molar-refractivity contribution in [2.45, 2.75) is 19.6 Å². The van der Waals surface area contributed by atoms with E-state index in [0.29, 0.717) is 11.6 Å². The van der Waals surface area contributed by atoms with Crippen LogP contribution in [0.15, 0.2) is 36.4 Å². The molecule has 4 heteroatoms. The Balaban J connectivity index is 1.73. The number of ether oxygens (including phenoxy) is 1. The summed E-state index contributed by atoms with van der Waals surface area (Å²) >= 11 is 6.15. The number of anilines is 1. The molecular formula is C16H16ClNO2. The van der Waals surface area contributed by atoms with Gasteiger partial charge in [-0.25, -0.2) is 0 Å². The van der Waals surface area contributed by atoms with Gasteiger partial charge in [-0.1, -0.05) is 29.8 Å². The van der Waals surface area contributed by atoms with E-state index in [1.165, 1.54) is 11.1 Å². The SMILES string of the molecule is OCc1ccc(Cl)c(NCc2ccc3c(c2)CCO3)c1. The molecule has 3 rings (SSSR count). The fourth-order valence-electron chi connectivity index (χ4n) is 2.35. The van der Waals surface area contributed by atoms with E-state index < -0.39 is 0 Å². The number of hydrogen-bond donors (Lipinski definition) is 2. The Kier molecular flexibility index (Phi) is 3.81. The van der Waals surface area contributed by atoms with E-state index in [4.69, 9.17) is 21.4 Å². The molecule has 2 aromatic carbocycles. The molecular weight excluding hydrogens is 274 g/mol. The van der Waals surface area contributed by atoms with Gasteiger partial charge in [0.15, 0.2) is 0 Å². The molecule has 0 amide bonds. The lowest BCUT2D eigenvalue weighted by molar-refractivity contribution is 0.282. The molecule has 0 saturated heterocycles. The number of aliphatic hydroxyl groups is 1. The molecule has 0 spiro atoms. The first-order valence-corrected chi connectivity index (χ1v) is 7.02. The van der Waals surface area contributed by atoms with Crippen molar-refractivity contribution < 1.29 is 9.84 Å². The lowest BCUT2D eigenvalue weighted by Crippen LogP contribution is -2.01. The van der Waals surface area contributed by atoms with Crippen LogP contribution in [0.3, 0.4) is 0 Å². The first-order chi connectivity index (χ1) is 9.76. The zero-order valence-electron chi connectivity index (χ0n) is 11.0. The molecule has 3 nitrogen and oxygen atoms in total. The predicted molar refractivity (Wildman–Crippen MR) is 80.3 cm³/mol. The summed E-state index contributed by atoms with van der Waals surface area (Å²) in [5.74, 6) is 0.995. The molecule has 0 fully saturated rings. The van der Waals surface area contributed by atoms with Gasteiger partial charge in [0.05, 0.1) is 23.9 Å². The van der Waals surface area contributed by atoms with Crippen LogP contribution in [0.25, 0.3) is 0 Å². The van der Waals surface area contributed by atoms with E-state index >= 15 is 0 Å². The molecule has 0 saturated carbocycles. The molecule has 1 heterocycles. The normalized spacial score (nSPS) is 12.9. The summed E-state index contributed by atoms with van der Waals surface area (Å²) in [5, 5.41) is 13.1. The maximum Gasteiger partial charge on any atom is 0.122 e. The van der Waals surface area contributed by atoms with Gasteiger partial charge >= 0.3 is 0 Å². The third kappa shape index (κ3) is 2.74. The molecule has 0 radical (unpaired) electrons. The minimum absolute atomic E-state index is 0.0159. The second kappa shape index (κ2) is 5.73. The van der Waals surface area contributed by atoms with Crippen molar-refractivity contribution in [2.75, 3.05) is 11.9 Å². The standard InChI is InChI=1S/C16H16ClNO2/c17-14-3-1-12(10-19)8-15(14)18-9-11-2-4-16-13(7-11)5-6-20-16/h1-4,7-8,18-19H,5-6,9-10H2. The Morgan fingerprint density at radius 3 is 2.85 bits per heavy atom. The summed E-state index contributed by atoms with van der Waals surface area (Å²) < 4.78 is 5.50. The van der Waals surface area contributed by atoms with E-state index in [0.717, 1.165) is 30.0 Å². The van der Waals surface area contributed by atoms with Crippen LogP contribution in [0.1, 0.15) is 16.7 Å². The van der Waals surface area contributed by atoms with Crippen LogP contribution in [0.4, 0.5) is 5.69 Å². The van der Waals surface area contributed by atoms with Crippen molar-refractivity contribution in [1.29, 1.82) is 0 Å². The van der Waals surface area contributed by atoms with Crippen molar-refractivity contribution in [2.24, 2.45) is 0 Å². The highest BCUT2D eigenvalue weighted by Gasteiger charge is 2.12. The van der Waals surface area contributed by atoms with Gasteiger partial charge in [-0.3, -0.25) is 0 Å². The summed E-state index contributed by atoms with van der Waals surface area (Å²) in [4.78, 5) is 0. The van der Waals surface area contributed by atoms with Gasteiger partial charge in [-0.05, 0) is 34.9 Å². The number of benzene rings is 2. The Labute approximate surface area is 123 Å². The molecule has 104 valence electrons. The molecule has 20 heavy (non-hydrogen) atoms. The van der Waals surface area contributed by atoms with Crippen LogP contribution >= 0.6 is 11.6 Å². The topological polar surface area (TPSA) is 41.5 Å². The zero-order valence-corrected chi connectivity index (χ0v) is 11.8. The van der Waals surface area contributed by atoms with Gasteiger partial charge in [-0.2, -0.15) is 0 Å². The Hall–Kier alpha value is -1.71. The first-order valence-electron chi connectivity index (χ1n) is 6.64. The smallest absolute Gasteiger partial charge is 0.122 e. The Morgan fingerprint density at radius 2 is 2.00 bits per heavy atom. The summed E-state index contributed by atoms with van der Waals surface area (Å²) in [7, 11) is 0. The number of halogens is 1. The van der Waals surface area contributed by atoms with E-state index in [1.54, 1.807) is 6.07 Å². The summed E-state index contributed by atoms with van der Waals surface area (Å²) in [6.45, 7) is 1.49. The minimum Gasteiger partial charge on any atom is -0.493 e. The van der Waals surface area contributed by atoms with Crippen LogP contribution in [0.2, 0.25) is 5.02 Å². The molecule has 1 aliphatic rings. The third-order valence-electron chi connectivity index (χ3n) is 3.45. The zero-order chi connectivity index (χ0) is 13.9. The number of fused-ring (bicyclic) bond motifs is 1. The number of hydrogen-bond acceptors (Lipinski definition) is 3. The van der Waals surface area contributed by atoms with Gasteiger partial charge in [0.25, 0.3) is 0 Å². The summed E-state index contributed by atoms with van der Waals surface area (Å²) in [6.07, 6.45) is 0.976. The van der Waals surface area contributed by atoms with Crippen LogP contribution in [0.5, 0.6) is 5.75 Å². The molecule has 0 aromatic heterocycles. The van der Waals surface area contributed by atoms with E-state index in [9.17, 15) is 0 Å². The van der Waals surface area contributed by atoms with Crippen LogP contribution in [-0.2, 0) is 19.6 Å². The number of rotatable bonds is 4. The average Bonchev–Trinajstić information content (AvgIpc) is 2.94. The van der Waals surface area contributed by atoms with Crippen molar-refractivity contribution in [3.8, 4) is 5.75 Å². The van der Waals surface area contributed by atoms with Gasteiger partial charge in [0.1, 0.15) is 5.75 Å². The van der Waals surface area contributed by atoms with Gasteiger partial charge in [0.2, 0.25) is 0 Å². The third-order valence-corrected chi connectivity index (χ3v) is 3.78. The van der Waals surface area contributed by atoms with Gasteiger partial charge in [-0.15, -0.1) is 0 Å². The molecule has 0 unspecified atom stereocenters. The second-order valence-corrected chi connectivity index (χ2v) is 5.27. The van der Waals surface area contributed by atoms with E-state index in [1.807, 2.05) is 18.2 Å². The quantitative estimate of drug-likeness (QED) is 0.907. The van der Waals surface area contributed by atoms with Crippen molar-refractivity contribution >= 4 is 17.3 Å². The molecule has 1 aliphatic heterocycles. The van der Waals surface area contributed by atoms with Crippen molar-refractivity contribution in [1.82, 2.24) is 0 Å². The van der Waals surface area contributed by atoms with E-state index in [2.05, 4.69) is 17.4 Å². The van der Waals surface area contributed by atoms with Crippen molar-refractivity contribution in [3.63, 3.8) is 0 Å². The summed E-state index contributed by atoms with van der Waals surface area (Å²) in [5.41, 5.74) is 4.15. The highest BCUT2D eigenvalue weighted by Crippen LogP contribution is 2.27. The van der Waals surface area contributed by atoms with E-state index in [-0.39, 0.29) is 6.61 Å². The highest BCUT2D eigenvalue weighted by atomic mass is 35.5. The largest absolute Gasteiger partial charge is 0.493 e. The molecule has 2 N–H and O–H groups in total. The Bertz CT molecular complexity index is 628. The summed E-state index contributed by atoms with van der Waals surface area (Å²) in [6, 6.07) is 11.7. The average molecular weight is 290 g/mol. The van der Waals surface area contributed by atoms with Gasteiger partial charge < -0.3 is 15.2 Å². The van der Waals surface area contributed by atoms with Crippen LogP contribution < -0.4 is 10.1 Å². The fourth-order valence-corrected chi connectivity index (χ4v) is 2.54. The molecule has 2 aromatic rings. The second-order valence-electron chi connectivity index (χ2n) is 4.87. The maximum atomic E-state index is 9.16.